The highest BCUT2D eigenvalue weighted by molar-refractivity contribution is 5.76. The number of para-hydroxylation sites is 2. The normalized spacial score (nSPS) is 11.0. The standard InChI is InChI=1S/C38H68N2O4/c1-3-5-7-9-11-13-15-17-19-21-29-37(41)40-32-26-34-44-36-28-23-22-27-35(36)43-33-25-30-38(42)39-31-24-20-18-16-14-12-10-8-6-4-2/h22-23,27-28H,3-21,24-26,29-34H2,1-2H3,(H,39,42)(H,40,41). The lowest BCUT2D eigenvalue weighted by molar-refractivity contribution is -0.122. The van der Waals surface area contributed by atoms with Gasteiger partial charge in [-0.2, -0.15) is 0 Å². The zero-order valence-corrected chi connectivity index (χ0v) is 28.7. The molecule has 1 aromatic carbocycles. The van der Waals surface area contributed by atoms with Crippen molar-refractivity contribution in [1.29, 1.82) is 0 Å². The SMILES string of the molecule is CCCCCCCCCCCCNC(=O)CCCOc1ccccc1OCCCNC(=O)CCCCCCCCCCCC. The fourth-order valence-corrected chi connectivity index (χ4v) is 5.38. The zero-order valence-electron chi connectivity index (χ0n) is 28.7. The zero-order chi connectivity index (χ0) is 31.8. The van der Waals surface area contributed by atoms with Crippen LogP contribution >= 0.6 is 0 Å². The smallest absolute Gasteiger partial charge is 0.220 e. The van der Waals surface area contributed by atoms with Crippen molar-refractivity contribution in [3.05, 3.63) is 24.3 Å². The van der Waals surface area contributed by atoms with Crippen LogP contribution in [0.15, 0.2) is 24.3 Å². The summed E-state index contributed by atoms with van der Waals surface area (Å²) in [5.74, 6) is 1.64. The molecule has 0 bridgehead atoms. The first-order valence-corrected chi connectivity index (χ1v) is 18.5. The molecule has 0 heterocycles. The van der Waals surface area contributed by atoms with Crippen molar-refractivity contribution in [2.45, 2.75) is 168 Å². The minimum atomic E-state index is 0.101. The second kappa shape index (κ2) is 30.8. The van der Waals surface area contributed by atoms with Crippen LogP contribution in [0.1, 0.15) is 168 Å². The summed E-state index contributed by atoms with van der Waals surface area (Å²) in [6.07, 6.45) is 28.3. The van der Waals surface area contributed by atoms with Crippen LogP contribution in [0.25, 0.3) is 0 Å². The molecule has 0 spiro atoms. The van der Waals surface area contributed by atoms with Crippen molar-refractivity contribution in [1.82, 2.24) is 10.6 Å². The van der Waals surface area contributed by atoms with Crippen molar-refractivity contribution >= 4 is 11.8 Å². The molecule has 254 valence electrons. The van der Waals surface area contributed by atoms with Crippen molar-refractivity contribution < 1.29 is 19.1 Å². The first-order valence-electron chi connectivity index (χ1n) is 18.5. The molecule has 0 fully saturated rings. The quantitative estimate of drug-likeness (QED) is 0.0790. The van der Waals surface area contributed by atoms with E-state index in [0.29, 0.717) is 50.5 Å². The monoisotopic (exact) mass is 617 g/mol. The van der Waals surface area contributed by atoms with Gasteiger partial charge in [-0.25, -0.2) is 0 Å². The summed E-state index contributed by atoms with van der Waals surface area (Å²) in [5.41, 5.74) is 0. The first kappa shape index (κ1) is 39.8. The van der Waals surface area contributed by atoms with Crippen molar-refractivity contribution in [2.24, 2.45) is 0 Å². The summed E-state index contributed by atoms with van der Waals surface area (Å²) in [7, 11) is 0. The molecule has 0 saturated heterocycles. The number of hydrogen-bond acceptors (Lipinski definition) is 4. The first-order chi connectivity index (χ1) is 21.7. The number of carbonyl (C=O) groups is 2. The van der Waals surface area contributed by atoms with E-state index in [2.05, 4.69) is 24.5 Å². The highest BCUT2D eigenvalue weighted by Crippen LogP contribution is 2.26. The Balaban J connectivity index is 2.00. The van der Waals surface area contributed by atoms with Crippen molar-refractivity contribution in [3.63, 3.8) is 0 Å². The predicted octanol–water partition coefficient (Wildman–Crippen LogP) is 10.1. The van der Waals surface area contributed by atoms with E-state index in [4.69, 9.17) is 9.47 Å². The maximum absolute atomic E-state index is 12.2. The van der Waals surface area contributed by atoms with E-state index in [1.165, 1.54) is 109 Å². The molecule has 0 unspecified atom stereocenters. The number of amides is 2. The Hall–Kier alpha value is -2.24. The van der Waals surface area contributed by atoms with Gasteiger partial charge in [0.05, 0.1) is 13.2 Å². The Morgan fingerprint density at radius 1 is 0.477 bits per heavy atom. The van der Waals surface area contributed by atoms with Gasteiger partial charge in [0.2, 0.25) is 11.8 Å². The molecule has 1 rings (SSSR count). The maximum atomic E-state index is 12.2. The number of hydrogen-bond donors (Lipinski definition) is 2. The molecular weight excluding hydrogens is 548 g/mol. The van der Waals surface area contributed by atoms with E-state index in [1.807, 2.05) is 24.3 Å². The maximum Gasteiger partial charge on any atom is 0.220 e. The number of rotatable bonds is 32. The average Bonchev–Trinajstić information content (AvgIpc) is 3.03. The number of carbonyl (C=O) groups excluding carboxylic acids is 2. The summed E-state index contributed by atoms with van der Waals surface area (Å²) in [6, 6.07) is 7.65. The van der Waals surface area contributed by atoms with Gasteiger partial charge >= 0.3 is 0 Å². The minimum Gasteiger partial charge on any atom is -0.490 e. The molecule has 0 radical (unpaired) electrons. The van der Waals surface area contributed by atoms with E-state index in [-0.39, 0.29) is 11.8 Å². The highest BCUT2D eigenvalue weighted by Gasteiger charge is 2.07. The molecule has 0 aromatic heterocycles. The van der Waals surface area contributed by atoms with Crippen LogP contribution in [-0.4, -0.2) is 38.1 Å². The van der Waals surface area contributed by atoms with Crippen LogP contribution in [0.4, 0.5) is 0 Å². The Kier molecular flexibility index (Phi) is 27.8. The topological polar surface area (TPSA) is 76.7 Å². The third-order valence-corrected chi connectivity index (χ3v) is 8.17. The summed E-state index contributed by atoms with van der Waals surface area (Å²) in [5, 5.41) is 6.06. The lowest BCUT2D eigenvalue weighted by atomic mass is 10.1. The van der Waals surface area contributed by atoms with Gasteiger partial charge in [0, 0.05) is 25.9 Å². The van der Waals surface area contributed by atoms with Gasteiger partial charge in [0.25, 0.3) is 0 Å². The molecule has 6 heteroatoms. The van der Waals surface area contributed by atoms with Crippen LogP contribution in [0.3, 0.4) is 0 Å². The third-order valence-electron chi connectivity index (χ3n) is 8.17. The van der Waals surface area contributed by atoms with Crippen LogP contribution < -0.4 is 20.1 Å². The summed E-state index contributed by atoms with van der Waals surface area (Å²) < 4.78 is 11.9. The molecule has 0 atom stereocenters. The van der Waals surface area contributed by atoms with Gasteiger partial charge < -0.3 is 20.1 Å². The number of benzene rings is 1. The molecule has 0 aliphatic rings. The Labute approximate surface area is 271 Å². The van der Waals surface area contributed by atoms with Crippen molar-refractivity contribution in [3.8, 4) is 11.5 Å². The molecule has 2 N–H and O–H groups in total. The van der Waals surface area contributed by atoms with E-state index in [0.717, 1.165) is 32.2 Å². The van der Waals surface area contributed by atoms with Gasteiger partial charge in [-0.3, -0.25) is 9.59 Å². The van der Waals surface area contributed by atoms with Crippen LogP contribution in [-0.2, 0) is 9.59 Å². The van der Waals surface area contributed by atoms with E-state index in [1.54, 1.807) is 0 Å². The summed E-state index contributed by atoms with van der Waals surface area (Å²) >= 11 is 0. The van der Waals surface area contributed by atoms with Crippen LogP contribution in [0.2, 0.25) is 0 Å². The molecular formula is C38H68N2O4. The molecule has 0 aliphatic heterocycles. The second-order valence-electron chi connectivity index (χ2n) is 12.4. The van der Waals surface area contributed by atoms with E-state index in [9.17, 15) is 9.59 Å². The molecule has 2 amide bonds. The fraction of sp³-hybridized carbons (Fsp3) is 0.789. The van der Waals surface area contributed by atoms with Gasteiger partial charge in [-0.05, 0) is 37.8 Å². The largest absolute Gasteiger partial charge is 0.490 e. The fourth-order valence-electron chi connectivity index (χ4n) is 5.38. The Morgan fingerprint density at radius 3 is 1.32 bits per heavy atom. The lowest BCUT2D eigenvalue weighted by Gasteiger charge is -2.13. The summed E-state index contributed by atoms with van der Waals surface area (Å²) in [6.45, 7) is 6.89. The number of ether oxygens (including phenoxy) is 2. The molecule has 0 aliphatic carbocycles. The van der Waals surface area contributed by atoms with Gasteiger partial charge in [-0.1, -0.05) is 142 Å². The molecule has 44 heavy (non-hydrogen) atoms. The number of nitrogens with one attached hydrogen (secondary N) is 2. The van der Waals surface area contributed by atoms with E-state index < -0.39 is 0 Å². The average molecular weight is 617 g/mol. The Bertz CT molecular complexity index is 801. The predicted molar refractivity (Wildman–Crippen MR) is 186 cm³/mol. The second-order valence-corrected chi connectivity index (χ2v) is 12.4. The van der Waals surface area contributed by atoms with Gasteiger partial charge in [-0.15, -0.1) is 0 Å². The molecule has 6 nitrogen and oxygen atoms in total. The van der Waals surface area contributed by atoms with E-state index >= 15 is 0 Å². The minimum absolute atomic E-state index is 0.101. The Morgan fingerprint density at radius 2 is 0.841 bits per heavy atom. The third kappa shape index (κ3) is 25.1. The lowest BCUT2D eigenvalue weighted by Crippen LogP contribution is -2.25. The number of unbranched alkanes of at least 4 members (excludes halogenated alkanes) is 18. The molecule has 1 aromatic rings. The van der Waals surface area contributed by atoms with Crippen LogP contribution in [0, 0.1) is 0 Å². The highest BCUT2D eigenvalue weighted by atomic mass is 16.5. The van der Waals surface area contributed by atoms with Crippen LogP contribution in [0.5, 0.6) is 11.5 Å². The molecule has 0 saturated carbocycles. The van der Waals surface area contributed by atoms with Gasteiger partial charge in [0.1, 0.15) is 0 Å². The van der Waals surface area contributed by atoms with Gasteiger partial charge in [0.15, 0.2) is 11.5 Å². The van der Waals surface area contributed by atoms with Crippen molar-refractivity contribution in [2.75, 3.05) is 26.3 Å². The summed E-state index contributed by atoms with van der Waals surface area (Å²) in [4.78, 5) is 24.3.